The lowest BCUT2D eigenvalue weighted by Crippen LogP contribution is -2.44. The summed E-state index contributed by atoms with van der Waals surface area (Å²) in [5, 5.41) is 6.34. The zero-order valence-corrected chi connectivity index (χ0v) is 16.4. The van der Waals surface area contributed by atoms with Crippen LogP contribution in [0.3, 0.4) is 0 Å². The van der Waals surface area contributed by atoms with Crippen molar-refractivity contribution in [1.82, 2.24) is 15.5 Å². The normalized spacial score (nSPS) is 20.5. The zero-order valence-electron chi connectivity index (χ0n) is 14.8. The Labute approximate surface area is 145 Å². The average Bonchev–Trinajstić information content (AvgIpc) is 2.46. The van der Waals surface area contributed by atoms with E-state index in [1.54, 1.807) is 0 Å². The maximum absolute atomic E-state index is 11.4. The molecule has 1 aliphatic heterocycles. The lowest BCUT2D eigenvalue weighted by molar-refractivity contribution is 0.304. The summed E-state index contributed by atoms with van der Waals surface area (Å²) in [6.07, 6.45) is 1.76. The van der Waals surface area contributed by atoms with Crippen molar-refractivity contribution in [3.63, 3.8) is 0 Å². The van der Waals surface area contributed by atoms with Gasteiger partial charge < -0.3 is 10.6 Å². The Morgan fingerprint density at radius 2 is 1.92 bits per heavy atom. The molecule has 1 heterocycles. The monoisotopic (exact) mass is 382 g/mol. The number of sulfone groups is 2. The van der Waals surface area contributed by atoms with E-state index in [1.165, 1.54) is 6.26 Å². The number of nitrogens with zero attached hydrogens (tertiary/aromatic N) is 2. The van der Waals surface area contributed by atoms with Crippen molar-refractivity contribution in [2.45, 2.75) is 26.3 Å². The third kappa shape index (κ3) is 9.43. The van der Waals surface area contributed by atoms with E-state index in [-0.39, 0.29) is 23.3 Å². The van der Waals surface area contributed by atoms with Gasteiger partial charge in [-0.15, -0.1) is 0 Å². The van der Waals surface area contributed by atoms with E-state index in [2.05, 4.69) is 20.5 Å². The third-order valence-corrected chi connectivity index (χ3v) is 6.36. The molecule has 1 rings (SSSR count). The van der Waals surface area contributed by atoms with E-state index in [9.17, 15) is 16.8 Å². The Morgan fingerprint density at radius 3 is 2.46 bits per heavy atom. The first kappa shape index (κ1) is 21.2. The molecule has 0 saturated carbocycles. The van der Waals surface area contributed by atoms with Crippen molar-refractivity contribution in [3.05, 3.63) is 0 Å². The summed E-state index contributed by atoms with van der Waals surface area (Å²) >= 11 is 0. The van der Waals surface area contributed by atoms with Gasteiger partial charge in [-0.25, -0.2) is 16.8 Å². The van der Waals surface area contributed by atoms with Crippen molar-refractivity contribution in [1.29, 1.82) is 0 Å². The minimum Gasteiger partial charge on any atom is -0.357 e. The molecule has 142 valence electrons. The minimum atomic E-state index is -2.96. The predicted molar refractivity (Wildman–Crippen MR) is 98.0 cm³/mol. The minimum absolute atomic E-state index is 0.00217. The molecule has 1 fully saturated rings. The van der Waals surface area contributed by atoms with Gasteiger partial charge in [0, 0.05) is 38.5 Å². The molecule has 1 atom stereocenters. The maximum atomic E-state index is 11.4. The second kappa shape index (κ2) is 9.57. The molecule has 8 nitrogen and oxygen atoms in total. The lowest BCUT2D eigenvalue weighted by atomic mass is 10.3. The van der Waals surface area contributed by atoms with E-state index in [4.69, 9.17) is 0 Å². The van der Waals surface area contributed by atoms with E-state index >= 15 is 0 Å². The molecule has 0 radical (unpaired) electrons. The first-order valence-electron chi connectivity index (χ1n) is 8.26. The molecule has 1 saturated heterocycles. The van der Waals surface area contributed by atoms with Crippen LogP contribution in [0.2, 0.25) is 0 Å². The van der Waals surface area contributed by atoms with Crippen LogP contribution in [-0.4, -0.2) is 90.0 Å². The molecule has 0 aromatic carbocycles. The van der Waals surface area contributed by atoms with Crippen molar-refractivity contribution in [2.24, 2.45) is 4.99 Å². The van der Waals surface area contributed by atoms with Gasteiger partial charge in [-0.05, 0) is 20.3 Å². The number of hydrogen-bond acceptors (Lipinski definition) is 6. The molecule has 0 spiro atoms. The van der Waals surface area contributed by atoms with Crippen molar-refractivity contribution in [3.8, 4) is 0 Å². The van der Waals surface area contributed by atoms with Crippen LogP contribution in [0.1, 0.15) is 20.3 Å². The Morgan fingerprint density at radius 1 is 1.29 bits per heavy atom. The summed E-state index contributed by atoms with van der Waals surface area (Å²) in [5.74, 6) is 1.24. The summed E-state index contributed by atoms with van der Waals surface area (Å²) in [6, 6.07) is -0.00217. The van der Waals surface area contributed by atoms with Crippen LogP contribution in [-0.2, 0) is 19.7 Å². The van der Waals surface area contributed by atoms with E-state index in [0.29, 0.717) is 45.1 Å². The summed E-state index contributed by atoms with van der Waals surface area (Å²) in [6.45, 7) is 7.01. The first-order chi connectivity index (χ1) is 11.1. The van der Waals surface area contributed by atoms with E-state index < -0.39 is 19.7 Å². The van der Waals surface area contributed by atoms with Crippen LogP contribution in [0.5, 0.6) is 0 Å². The van der Waals surface area contributed by atoms with Crippen molar-refractivity contribution >= 4 is 25.6 Å². The average molecular weight is 383 g/mol. The fourth-order valence-electron chi connectivity index (χ4n) is 2.29. The van der Waals surface area contributed by atoms with Crippen molar-refractivity contribution in [2.75, 3.05) is 56.2 Å². The SMILES string of the molecule is CCNC(=NCCN1CCS(=O)(=O)CC1)NC(C)CCS(C)(=O)=O. The van der Waals surface area contributed by atoms with Gasteiger partial charge in [-0.1, -0.05) is 0 Å². The number of aliphatic imine (C=N–C) groups is 1. The second-order valence-corrected chi connectivity index (χ2v) is 10.8. The molecule has 0 bridgehead atoms. The highest BCUT2D eigenvalue weighted by Crippen LogP contribution is 2.03. The molecule has 2 N–H and O–H groups in total. The smallest absolute Gasteiger partial charge is 0.191 e. The predicted octanol–water partition coefficient (Wildman–Crippen LogP) is -0.905. The van der Waals surface area contributed by atoms with Crippen LogP contribution in [0.15, 0.2) is 4.99 Å². The van der Waals surface area contributed by atoms with Gasteiger partial charge in [0.05, 0.1) is 23.8 Å². The Balaban J connectivity index is 2.42. The summed E-state index contributed by atoms with van der Waals surface area (Å²) in [5.41, 5.74) is 0. The highest BCUT2D eigenvalue weighted by Gasteiger charge is 2.20. The van der Waals surface area contributed by atoms with E-state index in [0.717, 1.165) is 0 Å². The number of hydrogen-bond donors (Lipinski definition) is 2. The lowest BCUT2D eigenvalue weighted by Gasteiger charge is -2.26. The second-order valence-electron chi connectivity index (χ2n) is 6.22. The fourth-order valence-corrected chi connectivity index (χ4v) is 4.35. The van der Waals surface area contributed by atoms with E-state index in [1.807, 2.05) is 13.8 Å². The molecule has 24 heavy (non-hydrogen) atoms. The number of guanidine groups is 1. The number of nitrogens with one attached hydrogen (secondary N) is 2. The quantitative estimate of drug-likeness (QED) is 0.413. The highest BCUT2D eigenvalue weighted by molar-refractivity contribution is 7.91. The van der Waals surface area contributed by atoms with Crippen LogP contribution < -0.4 is 10.6 Å². The summed E-state index contributed by atoms with van der Waals surface area (Å²) < 4.78 is 45.2. The zero-order chi connectivity index (χ0) is 18.2. The summed E-state index contributed by atoms with van der Waals surface area (Å²) in [4.78, 5) is 6.58. The molecule has 0 amide bonds. The maximum Gasteiger partial charge on any atom is 0.191 e. The van der Waals surface area contributed by atoms with Crippen LogP contribution >= 0.6 is 0 Å². The Hall–Kier alpha value is -0.870. The molecule has 0 aromatic rings. The topological polar surface area (TPSA) is 108 Å². The summed E-state index contributed by atoms with van der Waals surface area (Å²) in [7, 11) is -5.82. The van der Waals surface area contributed by atoms with Gasteiger partial charge >= 0.3 is 0 Å². The molecule has 1 aliphatic rings. The van der Waals surface area contributed by atoms with Crippen LogP contribution in [0.25, 0.3) is 0 Å². The molecule has 10 heteroatoms. The fraction of sp³-hybridized carbons (Fsp3) is 0.929. The largest absolute Gasteiger partial charge is 0.357 e. The van der Waals surface area contributed by atoms with Crippen molar-refractivity contribution < 1.29 is 16.8 Å². The van der Waals surface area contributed by atoms with Gasteiger partial charge in [0.1, 0.15) is 9.84 Å². The van der Waals surface area contributed by atoms with Crippen LogP contribution in [0, 0.1) is 0 Å². The molecular weight excluding hydrogens is 352 g/mol. The van der Waals surface area contributed by atoms with Gasteiger partial charge in [0.15, 0.2) is 15.8 Å². The molecule has 1 unspecified atom stereocenters. The number of rotatable bonds is 8. The first-order valence-corrected chi connectivity index (χ1v) is 12.1. The Bertz CT molecular complexity index is 603. The van der Waals surface area contributed by atoms with Gasteiger partial charge in [0.2, 0.25) is 0 Å². The van der Waals surface area contributed by atoms with Crippen LogP contribution in [0.4, 0.5) is 0 Å². The Kier molecular flexibility index (Phi) is 8.44. The third-order valence-electron chi connectivity index (χ3n) is 3.77. The standard InChI is InChI=1S/C14H30N4O4S2/c1-4-15-14(17-13(2)5-10-23(3,19)20)16-6-7-18-8-11-24(21,22)12-9-18/h13H,4-12H2,1-3H3,(H2,15,16,17). The van der Waals surface area contributed by atoms with Gasteiger partial charge in [-0.2, -0.15) is 0 Å². The highest BCUT2D eigenvalue weighted by atomic mass is 32.2. The molecule has 0 aliphatic carbocycles. The van der Waals surface area contributed by atoms with Gasteiger partial charge in [-0.3, -0.25) is 9.89 Å². The molecule has 0 aromatic heterocycles. The molecular formula is C14H30N4O4S2. The van der Waals surface area contributed by atoms with Gasteiger partial charge in [0.25, 0.3) is 0 Å².